The molecule has 2 N–H and O–H groups in total. The molecule has 0 saturated heterocycles. The van der Waals surface area contributed by atoms with E-state index in [1.807, 2.05) is 48.5 Å². The Bertz CT molecular complexity index is 659. The van der Waals surface area contributed by atoms with E-state index in [1.54, 1.807) is 11.8 Å². The van der Waals surface area contributed by atoms with Crippen LogP contribution in [0.3, 0.4) is 0 Å². The van der Waals surface area contributed by atoms with Crippen molar-refractivity contribution in [3.8, 4) is 0 Å². The van der Waals surface area contributed by atoms with E-state index >= 15 is 0 Å². The Kier molecular flexibility index (Phi) is 2.68. The average Bonchev–Trinajstić information content (AvgIpc) is 2.39. The molecular weight excluding hydrogens is 240 g/mol. The Morgan fingerprint density at radius 3 is 2.39 bits per heavy atom. The highest BCUT2D eigenvalue weighted by molar-refractivity contribution is 8.22. The van der Waals surface area contributed by atoms with Crippen LogP contribution in [0.2, 0.25) is 0 Å². The van der Waals surface area contributed by atoms with Crippen molar-refractivity contribution in [2.75, 3.05) is 5.73 Å². The van der Waals surface area contributed by atoms with E-state index in [2.05, 4.69) is 11.6 Å². The molecule has 2 aromatic rings. The van der Waals surface area contributed by atoms with Gasteiger partial charge >= 0.3 is 0 Å². The van der Waals surface area contributed by atoms with Crippen LogP contribution < -0.4 is 5.73 Å². The van der Waals surface area contributed by atoms with Gasteiger partial charge in [-0.1, -0.05) is 54.7 Å². The molecule has 0 spiro atoms. The van der Waals surface area contributed by atoms with Gasteiger partial charge in [-0.3, -0.25) is 0 Å². The molecule has 3 rings (SSSR count). The fraction of sp³-hybridized carbons (Fsp3) is 0. The first kappa shape index (κ1) is 11.1. The van der Waals surface area contributed by atoms with E-state index in [4.69, 9.17) is 5.73 Å². The van der Waals surface area contributed by atoms with Crippen LogP contribution in [0, 0.1) is 0 Å². The van der Waals surface area contributed by atoms with Crippen LogP contribution >= 0.6 is 11.8 Å². The van der Waals surface area contributed by atoms with Gasteiger partial charge in [0.2, 0.25) is 0 Å². The minimum atomic E-state index is 0.746. The third-order valence-corrected chi connectivity index (χ3v) is 3.81. The molecule has 0 aromatic heterocycles. The lowest BCUT2D eigenvalue weighted by atomic mass is 10.1. The highest BCUT2D eigenvalue weighted by Gasteiger charge is 2.18. The average molecular weight is 252 g/mol. The van der Waals surface area contributed by atoms with Crippen LogP contribution in [0.15, 0.2) is 60.1 Å². The van der Waals surface area contributed by atoms with Crippen molar-refractivity contribution in [2.45, 2.75) is 0 Å². The van der Waals surface area contributed by atoms with Crippen LogP contribution in [0.25, 0.3) is 4.91 Å². The number of fused-ring (bicyclic) bond motifs is 1. The minimum absolute atomic E-state index is 0.746. The fourth-order valence-electron chi connectivity index (χ4n) is 1.92. The molecule has 1 heterocycles. The Hall–Kier alpha value is -2.00. The number of hydrogen-bond acceptors (Lipinski definition) is 3. The van der Waals surface area contributed by atoms with Gasteiger partial charge in [0.15, 0.2) is 0 Å². The number of para-hydroxylation sites is 2. The minimum Gasteiger partial charge on any atom is -0.398 e. The number of anilines is 1. The molecule has 0 amide bonds. The van der Waals surface area contributed by atoms with Gasteiger partial charge in [-0.05, 0) is 12.1 Å². The Morgan fingerprint density at radius 2 is 1.61 bits per heavy atom. The van der Waals surface area contributed by atoms with Crippen LogP contribution in [-0.2, 0) is 0 Å². The van der Waals surface area contributed by atoms with Gasteiger partial charge in [0, 0.05) is 21.7 Å². The van der Waals surface area contributed by atoms with Gasteiger partial charge in [-0.15, -0.1) is 0 Å². The predicted molar refractivity (Wildman–Crippen MR) is 80.1 cm³/mol. The molecule has 0 atom stereocenters. The van der Waals surface area contributed by atoms with Gasteiger partial charge in [0.1, 0.15) is 5.04 Å². The number of hydrogen-bond donors (Lipinski definition) is 1. The first-order chi connectivity index (χ1) is 8.75. The summed E-state index contributed by atoms with van der Waals surface area (Å²) < 4.78 is 0. The molecular formula is C15H12N2S. The summed E-state index contributed by atoms with van der Waals surface area (Å²) in [6.07, 6.45) is 0. The summed E-state index contributed by atoms with van der Waals surface area (Å²) in [4.78, 5) is 5.68. The smallest absolute Gasteiger partial charge is 0.111 e. The number of nitrogen functional groups attached to an aromatic ring is 1. The Morgan fingerprint density at radius 1 is 0.944 bits per heavy atom. The summed E-state index contributed by atoms with van der Waals surface area (Å²) in [5.74, 6) is 0. The van der Waals surface area contributed by atoms with Gasteiger partial charge in [0.25, 0.3) is 0 Å². The van der Waals surface area contributed by atoms with E-state index in [9.17, 15) is 0 Å². The lowest BCUT2D eigenvalue weighted by molar-refractivity contribution is 1.49. The highest BCUT2D eigenvalue weighted by Crippen LogP contribution is 2.41. The van der Waals surface area contributed by atoms with Gasteiger partial charge < -0.3 is 5.73 Å². The lowest BCUT2D eigenvalue weighted by Gasteiger charge is -2.17. The predicted octanol–water partition coefficient (Wildman–Crippen LogP) is 4.06. The first-order valence-corrected chi connectivity index (χ1v) is 6.47. The number of thioether (sulfide) groups is 1. The van der Waals surface area contributed by atoms with Crippen molar-refractivity contribution in [1.82, 2.24) is 0 Å². The monoisotopic (exact) mass is 252 g/mol. The largest absolute Gasteiger partial charge is 0.398 e. The van der Waals surface area contributed by atoms with E-state index in [0.29, 0.717) is 0 Å². The summed E-state index contributed by atoms with van der Waals surface area (Å²) in [6.45, 7) is 4.10. The number of aliphatic imine (C=N–C) groups is 1. The van der Waals surface area contributed by atoms with Crippen molar-refractivity contribution in [2.24, 2.45) is 4.99 Å². The van der Waals surface area contributed by atoms with E-state index < -0.39 is 0 Å². The van der Waals surface area contributed by atoms with Gasteiger partial charge in [0.05, 0.1) is 5.69 Å². The van der Waals surface area contributed by atoms with Crippen LogP contribution in [0.1, 0.15) is 11.1 Å². The molecule has 1 aliphatic rings. The molecule has 88 valence electrons. The molecule has 2 aromatic carbocycles. The van der Waals surface area contributed by atoms with Crippen molar-refractivity contribution < 1.29 is 0 Å². The fourth-order valence-corrected chi connectivity index (χ4v) is 2.87. The molecule has 18 heavy (non-hydrogen) atoms. The summed E-state index contributed by atoms with van der Waals surface area (Å²) in [5.41, 5.74) is 9.77. The zero-order valence-corrected chi connectivity index (χ0v) is 10.6. The standard InChI is InChI=1S/C15H12N2S/c1-10-11-6-3-5-9-14(11)17-15(18-10)12-7-2-4-8-13(12)16/h2-9H,1,16H2. The molecule has 0 bridgehead atoms. The number of nitrogens with two attached hydrogens (primary N) is 1. The summed E-state index contributed by atoms with van der Waals surface area (Å²) in [5, 5.41) is 0.914. The third kappa shape index (κ3) is 1.83. The van der Waals surface area contributed by atoms with Crippen molar-refractivity contribution >= 4 is 33.1 Å². The SMILES string of the molecule is C=C1SC(c2ccccc2N)=Nc2ccccc21. The maximum absolute atomic E-state index is 5.99. The molecule has 2 nitrogen and oxygen atoms in total. The first-order valence-electron chi connectivity index (χ1n) is 5.65. The second-order valence-electron chi connectivity index (χ2n) is 4.05. The normalized spacial score (nSPS) is 14.0. The Labute approximate surface area is 110 Å². The zero-order valence-electron chi connectivity index (χ0n) is 9.76. The van der Waals surface area contributed by atoms with Gasteiger partial charge in [-0.25, -0.2) is 4.99 Å². The molecule has 0 unspecified atom stereocenters. The number of rotatable bonds is 1. The number of nitrogens with zero attached hydrogens (tertiary/aromatic N) is 1. The Balaban J connectivity index is 2.14. The van der Waals surface area contributed by atoms with Gasteiger partial charge in [-0.2, -0.15) is 0 Å². The topological polar surface area (TPSA) is 38.4 Å². The van der Waals surface area contributed by atoms with Crippen LogP contribution in [0.5, 0.6) is 0 Å². The molecule has 0 radical (unpaired) electrons. The van der Waals surface area contributed by atoms with Crippen molar-refractivity contribution in [3.05, 3.63) is 66.2 Å². The van der Waals surface area contributed by atoms with Crippen molar-refractivity contribution in [3.63, 3.8) is 0 Å². The van der Waals surface area contributed by atoms with Crippen molar-refractivity contribution in [1.29, 1.82) is 0 Å². The van der Waals surface area contributed by atoms with E-state index in [0.717, 1.165) is 32.5 Å². The third-order valence-electron chi connectivity index (χ3n) is 2.84. The molecule has 0 aliphatic carbocycles. The zero-order chi connectivity index (χ0) is 12.5. The summed E-state index contributed by atoms with van der Waals surface area (Å²) in [6, 6.07) is 15.8. The molecule has 0 saturated carbocycles. The maximum Gasteiger partial charge on any atom is 0.111 e. The second kappa shape index (κ2) is 4.35. The van der Waals surface area contributed by atoms with E-state index in [1.165, 1.54) is 0 Å². The summed E-state index contributed by atoms with van der Waals surface area (Å²) >= 11 is 1.57. The second-order valence-corrected chi connectivity index (χ2v) is 5.13. The van der Waals surface area contributed by atoms with Crippen LogP contribution in [0.4, 0.5) is 11.4 Å². The molecule has 0 fully saturated rings. The maximum atomic E-state index is 5.99. The summed E-state index contributed by atoms with van der Waals surface area (Å²) in [7, 11) is 0. The highest BCUT2D eigenvalue weighted by atomic mass is 32.2. The molecule has 3 heteroatoms. The molecule has 1 aliphatic heterocycles. The lowest BCUT2D eigenvalue weighted by Crippen LogP contribution is -2.04. The quantitative estimate of drug-likeness (QED) is 0.777. The van der Waals surface area contributed by atoms with E-state index in [-0.39, 0.29) is 0 Å². The number of benzene rings is 2. The van der Waals surface area contributed by atoms with Crippen LogP contribution in [-0.4, -0.2) is 5.04 Å².